The zero-order valence-corrected chi connectivity index (χ0v) is 36.7. The normalized spacial score (nSPS) is 11.9. The SMILES string of the molecule is CCCCCCCCCCCCCCC(=O)OC[C@@H](COC(=O)CCCCCCCCCCCCCC(C)C)OC(=O)CCCCCCCCCCCC. The van der Waals surface area contributed by atoms with Crippen LogP contribution in [0.5, 0.6) is 0 Å². The fraction of sp³-hybridized carbons (Fsp3) is 0.938. The fourth-order valence-corrected chi connectivity index (χ4v) is 7.16. The van der Waals surface area contributed by atoms with Crippen molar-refractivity contribution in [3.8, 4) is 0 Å². The van der Waals surface area contributed by atoms with E-state index >= 15 is 0 Å². The minimum absolute atomic E-state index is 0.0634. The third-order valence-corrected chi connectivity index (χ3v) is 10.8. The van der Waals surface area contributed by atoms with Gasteiger partial charge in [-0.2, -0.15) is 0 Å². The number of hydrogen-bond acceptors (Lipinski definition) is 6. The first kappa shape index (κ1) is 52.4. The van der Waals surface area contributed by atoms with Crippen LogP contribution in [0, 0.1) is 5.92 Å². The summed E-state index contributed by atoms with van der Waals surface area (Å²) in [4.78, 5) is 37.7. The van der Waals surface area contributed by atoms with Gasteiger partial charge in [0, 0.05) is 19.3 Å². The first-order valence-electron chi connectivity index (χ1n) is 23.9. The van der Waals surface area contributed by atoms with E-state index in [9.17, 15) is 14.4 Å². The molecule has 0 aliphatic heterocycles. The topological polar surface area (TPSA) is 78.9 Å². The smallest absolute Gasteiger partial charge is 0.306 e. The average Bonchev–Trinajstić information content (AvgIpc) is 3.15. The lowest BCUT2D eigenvalue weighted by molar-refractivity contribution is -0.167. The number of carbonyl (C=O) groups excluding carboxylic acids is 3. The lowest BCUT2D eigenvalue weighted by Crippen LogP contribution is -2.30. The predicted octanol–water partition coefficient (Wildman–Crippen LogP) is 15.1. The van der Waals surface area contributed by atoms with Crippen molar-refractivity contribution in [3.05, 3.63) is 0 Å². The maximum absolute atomic E-state index is 12.7. The van der Waals surface area contributed by atoms with Crippen molar-refractivity contribution >= 4 is 17.9 Å². The van der Waals surface area contributed by atoms with Crippen molar-refractivity contribution in [2.45, 2.75) is 271 Å². The molecule has 0 heterocycles. The fourth-order valence-electron chi connectivity index (χ4n) is 7.16. The molecular weight excluding hydrogens is 673 g/mol. The Bertz CT molecular complexity index is 811. The van der Waals surface area contributed by atoms with Gasteiger partial charge in [0.1, 0.15) is 13.2 Å². The molecule has 0 N–H and O–H groups in total. The molecule has 0 radical (unpaired) electrons. The maximum atomic E-state index is 12.7. The van der Waals surface area contributed by atoms with E-state index < -0.39 is 6.10 Å². The van der Waals surface area contributed by atoms with Gasteiger partial charge < -0.3 is 14.2 Å². The first-order chi connectivity index (χ1) is 26.4. The summed E-state index contributed by atoms with van der Waals surface area (Å²) in [5, 5.41) is 0. The molecule has 0 saturated carbocycles. The third kappa shape index (κ3) is 41.6. The summed E-state index contributed by atoms with van der Waals surface area (Å²) in [5.74, 6) is -0.0250. The highest BCUT2D eigenvalue weighted by atomic mass is 16.6. The Morgan fingerprint density at radius 3 is 0.907 bits per heavy atom. The molecule has 1 atom stereocenters. The molecule has 54 heavy (non-hydrogen) atoms. The molecule has 6 heteroatoms. The Hall–Kier alpha value is -1.59. The largest absolute Gasteiger partial charge is 0.462 e. The molecule has 0 aliphatic rings. The van der Waals surface area contributed by atoms with E-state index in [-0.39, 0.29) is 31.1 Å². The second-order valence-corrected chi connectivity index (χ2v) is 16.9. The second-order valence-electron chi connectivity index (χ2n) is 16.9. The number of unbranched alkanes of at least 4 members (excludes halogenated alkanes) is 30. The predicted molar refractivity (Wildman–Crippen MR) is 229 cm³/mol. The number of ether oxygens (including phenoxy) is 3. The van der Waals surface area contributed by atoms with E-state index in [0.717, 1.165) is 63.7 Å². The molecule has 0 spiro atoms. The number of rotatable bonds is 43. The zero-order chi connectivity index (χ0) is 39.6. The minimum atomic E-state index is -0.759. The van der Waals surface area contributed by atoms with Crippen molar-refractivity contribution in [1.29, 1.82) is 0 Å². The number of esters is 3. The minimum Gasteiger partial charge on any atom is -0.462 e. The van der Waals surface area contributed by atoms with E-state index in [4.69, 9.17) is 14.2 Å². The van der Waals surface area contributed by atoms with Crippen LogP contribution >= 0.6 is 0 Å². The van der Waals surface area contributed by atoms with Crippen molar-refractivity contribution in [1.82, 2.24) is 0 Å². The van der Waals surface area contributed by atoms with Gasteiger partial charge in [0.05, 0.1) is 0 Å². The van der Waals surface area contributed by atoms with Crippen molar-refractivity contribution < 1.29 is 28.6 Å². The molecule has 0 aromatic rings. The van der Waals surface area contributed by atoms with Crippen LogP contribution in [-0.4, -0.2) is 37.2 Å². The van der Waals surface area contributed by atoms with Crippen LogP contribution in [0.3, 0.4) is 0 Å². The van der Waals surface area contributed by atoms with Gasteiger partial charge in [0.2, 0.25) is 0 Å². The van der Waals surface area contributed by atoms with Crippen LogP contribution in [0.4, 0.5) is 0 Å². The van der Waals surface area contributed by atoms with Crippen molar-refractivity contribution in [2.75, 3.05) is 13.2 Å². The Morgan fingerprint density at radius 1 is 0.352 bits per heavy atom. The summed E-state index contributed by atoms with van der Waals surface area (Å²) in [6.45, 7) is 8.99. The molecule has 0 aromatic heterocycles. The van der Waals surface area contributed by atoms with Crippen LogP contribution in [0.1, 0.15) is 265 Å². The standard InChI is InChI=1S/C48H92O6/c1-5-7-9-11-13-15-17-20-24-27-31-35-39-46(49)52-42-45(54-48(51)41-37-33-29-23-16-14-12-10-8-6-2)43-53-47(50)40-36-32-28-25-21-18-19-22-26-30-34-38-44(3)4/h44-45H,5-43H2,1-4H3/t45-/m0/s1. The van der Waals surface area contributed by atoms with Gasteiger partial charge in [-0.25, -0.2) is 0 Å². The molecule has 320 valence electrons. The molecule has 0 fully saturated rings. The van der Waals surface area contributed by atoms with Gasteiger partial charge in [-0.15, -0.1) is 0 Å². The van der Waals surface area contributed by atoms with Crippen LogP contribution in [0.15, 0.2) is 0 Å². The Balaban J connectivity index is 4.30. The van der Waals surface area contributed by atoms with Crippen LogP contribution < -0.4 is 0 Å². The monoisotopic (exact) mass is 765 g/mol. The average molecular weight is 765 g/mol. The highest BCUT2D eigenvalue weighted by molar-refractivity contribution is 5.71. The summed E-state index contributed by atoms with van der Waals surface area (Å²) in [6.07, 6.45) is 42.2. The molecular formula is C48H92O6. The maximum Gasteiger partial charge on any atom is 0.306 e. The van der Waals surface area contributed by atoms with E-state index in [1.807, 2.05) is 0 Å². The molecule has 0 aromatic carbocycles. The second kappa shape index (κ2) is 42.6. The van der Waals surface area contributed by atoms with Crippen LogP contribution in [-0.2, 0) is 28.6 Å². The molecule has 0 rings (SSSR count). The van der Waals surface area contributed by atoms with Crippen molar-refractivity contribution in [2.24, 2.45) is 5.92 Å². The van der Waals surface area contributed by atoms with Gasteiger partial charge >= 0.3 is 17.9 Å². The van der Waals surface area contributed by atoms with E-state index in [2.05, 4.69) is 27.7 Å². The highest BCUT2D eigenvalue weighted by Crippen LogP contribution is 2.16. The van der Waals surface area contributed by atoms with Gasteiger partial charge in [0.15, 0.2) is 6.10 Å². The quantitative estimate of drug-likeness (QED) is 0.0349. The van der Waals surface area contributed by atoms with Crippen LogP contribution in [0.25, 0.3) is 0 Å². The highest BCUT2D eigenvalue weighted by Gasteiger charge is 2.19. The van der Waals surface area contributed by atoms with E-state index in [0.29, 0.717) is 19.3 Å². The Morgan fingerprint density at radius 2 is 0.611 bits per heavy atom. The summed E-state index contributed by atoms with van der Waals surface area (Å²) < 4.78 is 16.7. The Labute approximate surface area is 336 Å². The molecule has 0 amide bonds. The number of carbonyl (C=O) groups is 3. The molecule has 6 nitrogen and oxygen atoms in total. The zero-order valence-electron chi connectivity index (χ0n) is 36.7. The summed E-state index contributed by atoms with van der Waals surface area (Å²) in [7, 11) is 0. The molecule has 0 unspecified atom stereocenters. The molecule has 0 bridgehead atoms. The van der Waals surface area contributed by atoms with Gasteiger partial charge in [-0.1, -0.05) is 227 Å². The summed E-state index contributed by atoms with van der Waals surface area (Å²) in [5.41, 5.74) is 0. The first-order valence-corrected chi connectivity index (χ1v) is 23.9. The van der Waals surface area contributed by atoms with Gasteiger partial charge in [-0.3, -0.25) is 14.4 Å². The summed E-state index contributed by atoms with van der Waals surface area (Å²) >= 11 is 0. The van der Waals surface area contributed by atoms with Crippen molar-refractivity contribution in [3.63, 3.8) is 0 Å². The third-order valence-electron chi connectivity index (χ3n) is 10.8. The summed E-state index contributed by atoms with van der Waals surface area (Å²) in [6, 6.07) is 0. The lowest BCUT2D eigenvalue weighted by Gasteiger charge is -2.18. The van der Waals surface area contributed by atoms with E-state index in [1.54, 1.807) is 0 Å². The number of hydrogen-bond donors (Lipinski definition) is 0. The van der Waals surface area contributed by atoms with Gasteiger partial charge in [0.25, 0.3) is 0 Å². The van der Waals surface area contributed by atoms with Gasteiger partial charge in [-0.05, 0) is 25.2 Å². The lowest BCUT2D eigenvalue weighted by atomic mass is 10.0. The van der Waals surface area contributed by atoms with Crippen LogP contribution in [0.2, 0.25) is 0 Å². The van der Waals surface area contributed by atoms with E-state index in [1.165, 1.54) is 161 Å². The molecule has 0 saturated heterocycles. The molecule has 0 aliphatic carbocycles. The Kier molecular flexibility index (Phi) is 41.3.